The molecule has 0 saturated carbocycles. The Morgan fingerprint density at radius 3 is 2.25 bits per heavy atom. The Hall–Kier alpha value is -3.52. The van der Waals surface area contributed by atoms with Crippen LogP contribution >= 0.6 is 0 Å². The molecule has 0 aliphatic heterocycles. The molecule has 3 aromatic carbocycles. The molecule has 32 heavy (non-hydrogen) atoms. The average Bonchev–Trinajstić information content (AvgIpc) is 2.80. The number of benzene rings is 3. The van der Waals surface area contributed by atoms with Gasteiger partial charge in [-0.25, -0.2) is 0 Å². The van der Waals surface area contributed by atoms with Crippen LogP contribution in [-0.4, -0.2) is 24.2 Å². The molecule has 0 spiro atoms. The van der Waals surface area contributed by atoms with Gasteiger partial charge in [0, 0.05) is 6.54 Å². The van der Waals surface area contributed by atoms with E-state index in [-0.39, 0.29) is 18.7 Å². The van der Waals surface area contributed by atoms with Crippen LogP contribution in [0.3, 0.4) is 0 Å². The maximum atomic E-state index is 12.8. The first-order chi connectivity index (χ1) is 15.3. The van der Waals surface area contributed by atoms with Crippen molar-refractivity contribution in [1.29, 1.82) is 0 Å². The van der Waals surface area contributed by atoms with Crippen LogP contribution < -0.4 is 14.8 Å². The number of amides is 1. The summed E-state index contributed by atoms with van der Waals surface area (Å²) in [6.45, 7) is -0.271. The third-order valence-corrected chi connectivity index (χ3v) is 4.54. The van der Waals surface area contributed by atoms with E-state index in [1.165, 1.54) is 12.1 Å². The summed E-state index contributed by atoms with van der Waals surface area (Å²) in [5, 5.41) is 12.6. The van der Waals surface area contributed by atoms with Gasteiger partial charge in [-0.3, -0.25) is 4.79 Å². The Labute approximate surface area is 183 Å². The van der Waals surface area contributed by atoms with Crippen molar-refractivity contribution in [2.24, 2.45) is 0 Å². The van der Waals surface area contributed by atoms with Gasteiger partial charge in [-0.05, 0) is 35.4 Å². The van der Waals surface area contributed by atoms with Crippen molar-refractivity contribution in [3.05, 3.63) is 95.6 Å². The van der Waals surface area contributed by atoms with E-state index in [1.807, 2.05) is 30.3 Å². The number of carbonyl (C=O) groups is 1. The SMILES string of the molecule is O=C(COc1ccccc1OCc1ccccc1)NCC(O)c1cccc(C(F)(F)F)c1. The fourth-order valence-electron chi connectivity index (χ4n) is 2.87. The Balaban J connectivity index is 1.50. The first-order valence-corrected chi connectivity index (χ1v) is 9.83. The number of carbonyl (C=O) groups excluding carboxylic acids is 1. The van der Waals surface area contributed by atoms with Gasteiger partial charge in [0.25, 0.3) is 5.91 Å². The Kier molecular flexibility index (Phi) is 7.72. The lowest BCUT2D eigenvalue weighted by molar-refractivity contribution is -0.137. The molecule has 0 fully saturated rings. The minimum absolute atomic E-state index is 0.0562. The minimum atomic E-state index is -4.51. The van der Waals surface area contributed by atoms with Crippen molar-refractivity contribution < 1.29 is 32.5 Å². The molecule has 0 heterocycles. The molecule has 1 atom stereocenters. The molecule has 1 amide bonds. The zero-order valence-corrected chi connectivity index (χ0v) is 17.0. The molecule has 3 aromatic rings. The molecule has 0 aliphatic rings. The second-order valence-corrected chi connectivity index (χ2v) is 6.95. The molecule has 0 aliphatic carbocycles. The largest absolute Gasteiger partial charge is 0.485 e. The minimum Gasteiger partial charge on any atom is -0.485 e. The molecule has 0 radical (unpaired) electrons. The summed E-state index contributed by atoms with van der Waals surface area (Å²) in [6, 6.07) is 20.8. The van der Waals surface area contributed by atoms with Gasteiger partial charge >= 0.3 is 6.18 Å². The van der Waals surface area contributed by atoms with Gasteiger partial charge in [0.05, 0.1) is 11.7 Å². The zero-order chi connectivity index (χ0) is 23.0. The summed E-state index contributed by atoms with van der Waals surface area (Å²) in [7, 11) is 0. The van der Waals surface area contributed by atoms with Crippen LogP contribution in [-0.2, 0) is 17.6 Å². The van der Waals surface area contributed by atoms with Crippen LogP contribution in [0.15, 0.2) is 78.9 Å². The van der Waals surface area contributed by atoms with Crippen LogP contribution in [0.5, 0.6) is 11.5 Å². The zero-order valence-electron chi connectivity index (χ0n) is 17.0. The molecular formula is C24H22F3NO4. The first kappa shape index (κ1) is 23.1. The van der Waals surface area contributed by atoms with E-state index in [2.05, 4.69) is 5.32 Å². The lowest BCUT2D eigenvalue weighted by atomic mass is 10.1. The number of hydrogen-bond acceptors (Lipinski definition) is 4. The number of aliphatic hydroxyl groups is 1. The van der Waals surface area contributed by atoms with Crippen LogP contribution in [0.1, 0.15) is 22.8 Å². The van der Waals surface area contributed by atoms with Gasteiger partial charge in [-0.2, -0.15) is 13.2 Å². The van der Waals surface area contributed by atoms with E-state index in [9.17, 15) is 23.1 Å². The Morgan fingerprint density at radius 1 is 0.906 bits per heavy atom. The van der Waals surface area contributed by atoms with E-state index >= 15 is 0 Å². The highest BCUT2D eigenvalue weighted by Crippen LogP contribution is 2.31. The van der Waals surface area contributed by atoms with Gasteiger partial charge in [0.15, 0.2) is 18.1 Å². The standard InChI is InChI=1S/C24H22F3NO4/c25-24(26,27)19-10-6-9-18(13-19)20(29)14-28-23(30)16-32-22-12-5-4-11-21(22)31-15-17-7-2-1-3-8-17/h1-13,20,29H,14-16H2,(H,28,30). The summed E-state index contributed by atoms with van der Waals surface area (Å²) >= 11 is 0. The number of halogens is 3. The second kappa shape index (κ2) is 10.7. The molecule has 2 N–H and O–H groups in total. The molecule has 1 unspecified atom stereocenters. The Bertz CT molecular complexity index is 1030. The second-order valence-electron chi connectivity index (χ2n) is 6.95. The lowest BCUT2D eigenvalue weighted by Gasteiger charge is -2.15. The van der Waals surface area contributed by atoms with Crippen molar-refractivity contribution >= 4 is 5.91 Å². The monoisotopic (exact) mass is 445 g/mol. The summed E-state index contributed by atoms with van der Waals surface area (Å²) in [5.41, 5.74) is 0.167. The van der Waals surface area contributed by atoms with Crippen LogP contribution in [0.25, 0.3) is 0 Å². The van der Waals surface area contributed by atoms with E-state index in [4.69, 9.17) is 9.47 Å². The van der Waals surface area contributed by atoms with Crippen molar-refractivity contribution in [1.82, 2.24) is 5.32 Å². The molecule has 0 saturated heterocycles. The van der Waals surface area contributed by atoms with Crippen LogP contribution in [0, 0.1) is 0 Å². The number of aliphatic hydroxyl groups excluding tert-OH is 1. The number of ether oxygens (including phenoxy) is 2. The van der Waals surface area contributed by atoms with Crippen molar-refractivity contribution in [2.75, 3.05) is 13.2 Å². The number of alkyl halides is 3. The maximum Gasteiger partial charge on any atom is 0.416 e. The van der Waals surface area contributed by atoms with E-state index in [0.29, 0.717) is 18.1 Å². The van der Waals surface area contributed by atoms with Gasteiger partial charge in [-0.1, -0.05) is 54.6 Å². The molecule has 0 aromatic heterocycles. The third kappa shape index (κ3) is 6.75. The van der Waals surface area contributed by atoms with Crippen LogP contribution in [0.4, 0.5) is 13.2 Å². The number of hydrogen-bond donors (Lipinski definition) is 2. The third-order valence-electron chi connectivity index (χ3n) is 4.54. The van der Waals surface area contributed by atoms with Gasteiger partial charge < -0.3 is 19.9 Å². The highest BCUT2D eigenvalue weighted by molar-refractivity contribution is 5.77. The number of para-hydroxylation sites is 2. The summed E-state index contributed by atoms with van der Waals surface area (Å²) < 4.78 is 49.7. The van der Waals surface area contributed by atoms with Gasteiger partial charge in [0.1, 0.15) is 6.61 Å². The predicted molar refractivity (Wildman–Crippen MR) is 112 cm³/mol. The van der Waals surface area contributed by atoms with Gasteiger partial charge in [0.2, 0.25) is 0 Å². The molecule has 0 bridgehead atoms. The molecule has 3 rings (SSSR count). The highest BCUT2D eigenvalue weighted by atomic mass is 19.4. The first-order valence-electron chi connectivity index (χ1n) is 9.83. The molecule has 168 valence electrons. The topological polar surface area (TPSA) is 67.8 Å². The van der Waals surface area contributed by atoms with Crippen molar-refractivity contribution in [3.63, 3.8) is 0 Å². The summed E-state index contributed by atoms with van der Waals surface area (Å²) in [4.78, 5) is 12.1. The lowest BCUT2D eigenvalue weighted by Crippen LogP contribution is -2.32. The number of rotatable bonds is 9. The number of nitrogens with one attached hydrogen (secondary N) is 1. The normalized spacial score (nSPS) is 12.1. The van der Waals surface area contributed by atoms with Crippen molar-refractivity contribution in [2.45, 2.75) is 18.9 Å². The van der Waals surface area contributed by atoms with Gasteiger partial charge in [-0.15, -0.1) is 0 Å². The predicted octanol–water partition coefficient (Wildman–Crippen LogP) is 4.51. The molecule has 5 nitrogen and oxygen atoms in total. The van der Waals surface area contributed by atoms with E-state index < -0.39 is 23.8 Å². The fraction of sp³-hybridized carbons (Fsp3) is 0.208. The molecular weight excluding hydrogens is 423 g/mol. The van der Waals surface area contributed by atoms with Crippen molar-refractivity contribution in [3.8, 4) is 11.5 Å². The Morgan fingerprint density at radius 2 is 1.56 bits per heavy atom. The fourth-order valence-corrected chi connectivity index (χ4v) is 2.87. The smallest absolute Gasteiger partial charge is 0.416 e. The van der Waals surface area contributed by atoms with E-state index in [1.54, 1.807) is 24.3 Å². The molecule has 8 heteroatoms. The van der Waals surface area contributed by atoms with Crippen LogP contribution in [0.2, 0.25) is 0 Å². The quantitative estimate of drug-likeness (QED) is 0.509. The highest BCUT2D eigenvalue weighted by Gasteiger charge is 2.30. The average molecular weight is 445 g/mol. The summed E-state index contributed by atoms with van der Waals surface area (Å²) in [5.74, 6) is 0.305. The summed E-state index contributed by atoms with van der Waals surface area (Å²) in [6.07, 6.45) is -5.80. The van der Waals surface area contributed by atoms with E-state index in [0.717, 1.165) is 17.7 Å². The maximum absolute atomic E-state index is 12.8.